The molecule has 0 unspecified atom stereocenters. The lowest BCUT2D eigenvalue weighted by molar-refractivity contribution is -0.383. The van der Waals surface area contributed by atoms with Gasteiger partial charge in [0.25, 0.3) is 6.43 Å². The Bertz CT molecular complexity index is 654. The van der Waals surface area contributed by atoms with E-state index >= 15 is 0 Å². The molecule has 2 rings (SSSR count). The number of nitro groups is 1. The van der Waals surface area contributed by atoms with E-state index in [2.05, 4.69) is 0 Å². The first-order chi connectivity index (χ1) is 10.2. The summed E-state index contributed by atoms with van der Waals surface area (Å²) in [5.41, 5.74) is -0.257. The number of hydrogen-bond donors (Lipinski definition) is 0. The van der Waals surface area contributed by atoms with Crippen LogP contribution in [-0.4, -0.2) is 63.6 Å². The highest BCUT2D eigenvalue weighted by molar-refractivity contribution is 7.92. The topological polar surface area (TPSA) is 83.8 Å². The third kappa shape index (κ3) is 3.90. The minimum atomic E-state index is -3.53. The minimum absolute atomic E-state index is 0.0655. The molecule has 1 fully saturated rings. The highest BCUT2D eigenvalue weighted by atomic mass is 32.2. The zero-order valence-electron chi connectivity index (χ0n) is 11.7. The molecule has 0 radical (unpaired) electrons. The summed E-state index contributed by atoms with van der Waals surface area (Å²) in [4.78, 5) is 13.7. The molecule has 1 aromatic heterocycles. The Morgan fingerprint density at radius 1 is 1.36 bits per heavy atom. The average molecular weight is 355 g/mol. The number of hydrogen-bond acceptors (Lipinski definition) is 7. The molecule has 1 saturated heterocycles. The van der Waals surface area contributed by atoms with Gasteiger partial charge in [-0.25, -0.2) is 17.2 Å². The summed E-state index contributed by atoms with van der Waals surface area (Å²) < 4.78 is 47.7. The molecule has 0 atom stereocenters. The SMILES string of the molecule is CS(=O)(=O)c1cc([N+](=O)[O-])c(N2CCN(CC(F)F)CC2)s1. The fourth-order valence-electron chi connectivity index (χ4n) is 2.22. The van der Waals surface area contributed by atoms with Crippen molar-refractivity contribution < 1.29 is 22.1 Å². The predicted molar refractivity (Wildman–Crippen MR) is 78.7 cm³/mol. The normalized spacial score (nSPS) is 17.2. The molecule has 1 aliphatic rings. The molecule has 0 spiro atoms. The Morgan fingerprint density at radius 2 is 1.95 bits per heavy atom. The van der Waals surface area contributed by atoms with E-state index < -0.39 is 21.2 Å². The van der Waals surface area contributed by atoms with Crippen LogP contribution in [0.15, 0.2) is 10.3 Å². The van der Waals surface area contributed by atoms with Gasteiger partial charge in [0.15, 0.2) is 14.8 Å². The molecule has 0 aromatic carbocycles. The molecule has 0 saturated carbocycles. The largest absolute Gasteiger partial charge is 0.355 e. The van der Waals surface area contributed by atoms with Gasteiger partial charge < -0.3 is 4.90 Å². The van der Waals surface area contributed by atoms with Gasteiger partial charge >= 0.3 is 5.69 Å². The van der Waals surface area contributed by atoms with Crippen molar-refractivity contribution in [1.29, 1.82) is 0 Å². The summed E-state index contributed by atoms with van der Waals surface area (Å²) in [6.45, 7) is 1.07. The van der Waals surface area contributed by atoms with Gasteiger partial charge in [0.1, 0.15) is 4.21 Å². The monoisotopic (exact) mass is 355 g/mol. The maximum Gasteiger partial charge on any atom is 0.305 e. The van der Waals surface area contributed by atoms with E-state index in [1.54, 1.807) is 9.80 Å². The lowest BCUT2D eigenvalue weighted by Gasteiger charge is -2.34. The second kappa shape index (κ2) is 6.42. The van der Waals surface area contributed by atoms with Gasteiger partial charge in [-0.2, -0.15) is 0 Å². The summed E-state index contributed by atoms with van der Waals surface area (Å²) in [7, 11) is -3.53. The number of nitrogens with zero attached hydrogens (tertiary/aromatic N) is 3. The van der Waals surface area contributed by atoms with Gasteiger partial charge in [-0.3, -0.25) is 15.0 Å². The Labute approximate surface area is 130 Å². The molecule has 0 aliphatic carbocycles. The lowest BCUT2D eigenvalue weighted by Crippen LogP contribution is -2.47. The third-order valence-corrected chi connectivity index (χ3v) is 6.28. The van der Waals surface area contributed by atoms with E-state index in [1.165, 1.54) is 0 Å². The number of piperazine rings is 1. The summed E-state index contributed by atoms with van der Waals surface area (Å²) >= 11 is 0.846. The van der Waals surface area contributed by atoms with Gasteiger partial charge in [0.2, 0.25) is 0 Å². The zero-order valence-corrected chi connectivity index (χ0v) is 13.4. The number of halogens is 2. The van der Waals surface area contributed by atoms with E-state index in [0.717, 1.165) is 23.7 Å². The second-order valence-corrected chi connectivity index (χ2v) is 8.24. The number of alkyl halides is 2. The molecule has 1 aliphatic heterocycles. The fraction of sp³-hybridized carbons (Fsp3) is 0.636. The smallest absolute Gasteiger partial charge is 0.305 e. The maximum atomic E-state index is 12.3. The van der Waals surface area contributed by atoms with E-state index in [-0.39, 0.29) is 21.4 Å². The van der Waals surface area contributed by atoms with E-state index in [4.69, 9.17) is 0 Å². The zero-order chi connectivity index (χ0) is 16.5. The summed E-state index contributed by atoms with van der Waals surface area (Å²) in [5, 5.41) is 11.4. The fourth-order valence-corrected chi connectivity index (χ4v) is 4.30. The number of sulfone groups is 1. The molecule has 2 heterocycles. The molecular weight excluding hydrogens is 340 g/mol. The van der Waals surface area contributed by atoms with Crippen molar-refractivity contribution in [3.05, 3.63) is 16.2 Å². The number of rotatable bonds is 5. The van der Waals surface area contributed by atoms with E-state index in [0.29, 0.717) is 26.2 Å². The van der Waals surface area contributed by atoms with Crippen molar-refractivity contribution in [3.63, 3.8) is 0 Å². The molecule has 0 N–H and O–H groups in total. The first-order valence-electron chi connectivity index (χ1n) is 6.42. The van der Waals surface area contributed by atoms with Crippen molar-refractivity contribution in [3.8, 4) is 0 Å². The first kappa shape index (κ1) is 17.0. The standard InChI is InChI=1S/C11H15F2N3O4S2/c1-22(19,20)10-6-8(16(17)18)11(21-10)15-4-2-14(3-5-15)7-9(12)13/h6,9H,2-5,7H2,1H3. The van der Waals surface area contributed by atoms with Gasteiger partial charge in [-0.1, -0.05) is 11.3 Å². The Kier molecular flexibility index (Phi) is 4.97. The van der Waals surface area contributed by atoms with Crippen LogP contribution in [0, 0.1) is 10.1 Å². The van der Waals surface area contributed by atoms with Crippen LogP contribution < -0.4 is 4.90 Å². The van der Waals surface area contributed by atoms with Crippen LogP contribution in [0.5, 0.6) is 0 Å². The van der Waals surface area contributed by atoms with Crippen LogP contribution in [-0.2, 0) is 9.84 Å². The van der Waals surface area contributed by atoms with Crippen molar-refractivity contribution in [2.24, 2.45) is 0 Å². The van der Waals surface area contributed by atoms with Crippen LogP contribution >= 0.6 is 11.3 Å². The minimum Gasteiger partial charge on any atom is -0.355 e. The molecule has 22 heavy (non-hydrogen) atoms. The highest BCUT2D eigenvalue weighted by Crippen LogP contribution is 2.40. The van der Waals surface area contributed by atoms with Crippen LogP contribution in [0.25, 0.3) is 0 Å². The lowest BCUT2D eigenvalue weighted by atomic mass is 10.3. The quantitative estimate of drug-likeness (QED) is 0.587. The van der Waals surface area contributed by atoms with Crippen molar-refractivity contribution in [2.45, 2.75) is 10.6 Å². The Balaban J connectivity index is 2.19. The van der Waals surface area contributed by atoms with Crippen molar-refractivity contribution in [1.82, 2.24) is 4.90 Å². The molecule has 124 valence electrons. The molecule has 11 heteroatoms. The Morgan fingerprint density at radius 3 is 2.41 bits per heavy atom. The van der Waals surface area contributed by atoms with Crippen LogP contribution in [0.1, 0.15) is 0 Å². The van der Waals surface area contributed by atoms with Crippen molar-refractivity contribution in [2.75, 3.05) is 43.9 Å². The predicted octanol–water partition coefficient (Wildman–Crippen LogP) is 1.45. The van der Waals surface area contributed by atoms with Gasteiger partial charge in [-0.05, 0) is 0 Å². The van der Waals surface area contributed by atoms with Gasteiger partial charge in [0.05, 0.1) is 11.5 Å². The summed E-state index contributed by atoms with van der Waals surface area (Å²) in [6, 6.07) is 1.06. The Hall–Kier alpha value is -1.33. The average Bonchev–Trinajstić information content (AvgIpc) is 2.84. The molecular formula is C11H15F2N3O4S2. The molecule has 0 bridgehead atoms. The van der Waals surface area contributed by atoms with Crippen LogP contribution in [0.3, 0.4) is 0 Å². The summed E-state index contributed by atoms with van der Waals surface area (Å²) in [6.07, 6.45) is -1.42. The first-order valence-corrected chi connectivity index (χ1v) is 9.13. The molecule has 0 amide bonds. The second-order valence-electron chi connectivity index (χ2n) is 4.96. The maximum absolute atomic E-state index is 12.3. The number of anilines is 1. The van der Waals surface area contributed by atoms with Crippen LogP contribution in [0.2, 0.25) is 0 Å². The summed E-state index contributed by atoms with van der Waals surface area (Å²) in [5.74, 6) is 0. The van der Waals surface area contributed by atoms with Crippen LogP contribution in [0.4, 0.5) is 19.5 Å². The van der Waals surface area contributed by atoms with E-state index in [9.17, 15) is 27.3 Å². The van der Waals surface area contributed by atoms with Crippen molar-refractivity contribution >= 4 is 31.9 Å². The third-order valence-electron chi connectivity index (χ3n) is 3.29. The molecule has 1 aromatic rings. The number of thiophene rings is 1. The van der Waals surface area contributed by atoms with Gasteiger partial charge in [-0.15, -0.1) is 0 Å². The molecule has 7 nitrogen and oxygen atoms in total. The van der Waals surface area contributed by atoms with E-state index in [1.807, 2.05) is 0 Å². The van der Waals surface area contributed by atoms with Gasteiger partial charge in [0, 0.05) is 38.5 Å². The highest BCUT2D eigenvalue weighted by Gasteiger charge is 2.29.